The van der Waals surface area contributed by atoms with Crippen LogP contribution in [0.2, 0.25) is 5.02 Å². The number of thioether (sulfide) groups is 1. The molecular formula is C21H22ClNO4S. The van der Waals surface area contributed by atoms with Gasteiger partial charge in [-0.15, -0.1) is 0 Å². The Kier molecular flexibility index (Phi) is 6.86. The van der Waals surface area contributed by atoms with Gasteiger partial charge in [-0.2, -0.15) is 0 Å². The number of hydrogen-bond acceptors (Lipinski definition) is 5. The molecule has 3 rings (SSSR count). The number of carbonyl (C=O) groups is 2. The van der Waals surface area contributed by atoms with E-state index in [1.54, 1.807) is 7.11 Å². The molecule has 0 N–H and O–H groups in total. The lowest BCUT2D eigenvalue weighted by atomic mass is 10.1. The SMILES string of the molecule is CCCN1C(=O)S[C@@H](Cc2ccc(OCc3ccccc3Cl)c(OC)c2)C1=O. The van der Waals surface area contributed by atoms with E-state index in [0.29, 0.717) is 36.1 Å². The molecule has 0 bridgehead atoms. The minimum Gasteiger partial charge on any atom is -0.493 e. The summed E-state index contributed by atoms with van der Waals surface area (Å²) in [6.45, 7) is 2.75. The molecule has 1 aliphatic rings. The van der Waals surface area contributed by atoms with Crippen LogP contribution in [0, 0.1) is 0 Å². The van der Waals surface area contributed by atoms with Gasteiger partial charge >= 0.3 is 0 Å². The minimum atomic E-state index is -0.390. The van der Waals surface area contributed by atoms with Crippen molar-refractivity contribution in [1.82, 2.24) is 4.90 Å². The zero-order valence-electron chi connectivity index (χ0n) is 15.8. The largest absolute Gasteiger partial charge is 0.493 e. The average Bonchev–Trinajstić information content (AvgIpc) is 2.95. The Morgan fingerprint density at radius 3 is 2.64 bits per heavy atom. The van der Waals surface area contributed by atoms with Crippen LogP contribution in [0.3, 0.4) is 0 Å². The summed E-state index contributed by atoms with van der Waals surface area (Å²) in [5.74, 6) is 1.06. The van der Waals surface area contributed by atoms with Gasteiger partial charge in [-0.05, 0) is 36.6 Å². The molecule has 0 saturated carbocycles. The van der Waals surface area contributed by atoms with Gasteiger partial charge in [0.15, 0.2) is 11.5 Å². The topological polar surface area (TPSA) is 55.8 Å². The number of amides is 2. The highest BCUT2D eigenvalue weighted by molar-refractivity contribution is 8.15. The van der Waals surface area contributed by atoms with E-state index in [-0.39, 0.29) is 11.1 Å². The van der Waals surface area contributed by atoms with Crippen LogP contribution in [0.4, 0.5) is 4.79 Å². The number of methoxy groups -OCH3 is 1. The van der Waals surface area contributed by atoms with Gasteiger partial charge in [0.05, 0.1) is 12.4 Å². The zero-order valence-corrected chi connectivity index (χ0v) is 17.4. The predicted molar refractivity (Wildman–Crippen MR) is 111 cm³/mol. The maximum atomic E-state index is 12.4. The fourth-order valence-corrected chi connectivity index (χ4v) is 4.24. The fraction of sp³-hybridized carbons (Fsp3) is 0.333. The van der Waals surface area contributed by atoms with E-state index < -0.39 is 5.25 Å². The van der Waals surface area contributed by atoms with Gasteiger partial charge in [-0.3, -0.25) is 14.5 Å². The van der Waals surface area contributed by atoms with Crippen molar-refractivity contribution in [2.45, 2.75) is 31.6 Å². The van der Waals surface area contributed by atoms with Gasteiger partial charge in [-0.1, -0.05) is 54.6 Å². The standard InChI is InChI=1S/C21H22ClNO4S/c1-3-10-23-20(24)19(28-21(23)25)12-14-8-9-17(18(11-14)26-2)27-13-15-6-4-5-7-16(15)22/h4-9,11,19H,3,10,12-13H2,1-2H3/t19-/m0/s1. The van der Waals surface area contributed by atoms with Crippen molar-refractivity contribution < 1.29 is 19.1 Å². The van der Waals surface area contributed by atoms with Crippen molar-refractivity contribution in [3.8, 4) is 11.5 Å². The third-order valence-electron chi connectivity index (χ3n) is 4.44. The van der Waals surface area contributed by atoms with Crippen LogP contribution >= 0.6 is 23.4 Å². The number of hydrogen-bond donors (Lipinski definition) is 0. The average molecular weight is 420 g/mol. The van der Waals surface area contributed by atoms with Crippen LogP contribution in [0.5, 0.6) is 11.5 Å². The van der Waals surface area contributed by atoms with Crippen LogP contribution in [0.15, 0.2) is 42.5 Å². The molecule has 1 saturated heterocycles. The smallest absolute Gasteiger partial charge is 0.289 e. The molecule has 0 aliphatic carbocycles. The quantitative estimate of drug-likeness (QED) is 0.606. The van der Waals surface area contributed by atoms with Crippen LogP contribution in [0.25, 0.3) is 0 Å². The Labute approximate surface area is 174 Å². The van der Waals surface area contributed by atoms with E-state index >= 15 is 0 Å². The molecule has 1 aliphatic heterocycles. The molecule has 2 amide bonds. The number of halogens is 1. The van der Waals surface area contributed by atoms with Crippen molar-refractivity contribution in [1.29, 1.82) is 0 Å². The molecule has 0 unspecified atom stereocenters. The molecule has 0 radical (unpaired) electrons. The van der Waals surface area contributed by atoms with E-state index in [4.69, 9.17) is 21.1 Å². The van der Waals surface area contributed by atoms with Crippen LogP contribution in [-0.2, 0) is 17.8 Å². The summed E-state index contributed by atoms with van der Waals surface area (Å²) in [7, 11) is 1.57. The van der Waals surface area contributed by atoms with Gasteiger partial charge in [0.25, 0.3) is 5.24 Å². The fourth-order valence-electron chi connectivity index (χ4n) is 3.00. The highest BCUT2D eigenvalue weighted by Gasteiger charge is 2.38. The number of carbonyl (C=O) groups excluding carboxylic acids is 2. The second kappa shape index (κ2) is 9.34. The summed E-state index contributed by atoms with van der Waals surface area (Å²) < 4.78 is 11.3. The molecule has 148 valence electrons. The summed E-state index contributed by atoms with van der Waals surface area (Å²) >= 11 is 7.26. The van der Waals surface area contributed by atoms with E-state index in [1.807, 2.05) is 49.4 Å². The van der Waals surface area contributed by atoms with Crippen molar-refractivity contribution in [2.24, 2.45) is 0 Å². The van der Waals surface area contributed by atoms with E-state index in [0.717, 1.165) is 29.3 Å². The Morgan fingerprint density at radius 1 is 1.14 bits per heavy atom. The Hall–Kier alpha value is -2.18. The van der Waals surface area contributed by atoms with E-state index in [1.165, 1.54) is 4.90 Å². The summed E-state index contributed by atoms with van der Waals surface area (Å²) in [4.78, 5) is 25.8. The van der Waals surface area contributed by atoms with Crippen molar-refractivity contribution >= 4 is 34.5 Å². The number of benzene rings is 2. The van der Waals surface area contributed by atoms with Gasteiger partial charge in [-0.25, -0.2) is 0 Å². The van der Waals surface area contributed by atoms with Crippen LogP contribution in [-0.4, -0.2) is 35.0 Å². The molecule has 1 fully saturated rings. The molecule has 0 aromatic heterocycles. The predicted octanol–water partition coefficient (Wildman–Crippen LogP) is 4.94. The molecule has 1 heterocycles. The lowest BCUT2D eigenvalue weighted by Crippen LogP contribution is -2.32. The first-order chi connectivity index (χ1) is 13.5. The molecule has 28 heavy (non-hydrogen) atoms. The third kappa shape index (κ3) is 4.62. The lowest BCUT2D eigenvalue weighted by Gasteiger charge is -2.14. The monoisotopic (exact) mass is 419 g/mol. The third-order valence-corrected chi connectivity index (χ3v) is 5.89. The summed E-state index contributed by atoms with van der Waals surface area (Å²) in [6.07, 6.45) is 1.23. The first-order valence-electron chi connectivity index (χ1n) is 9.08. The van der Waals surface area contributed by atoms with Crippen molar-refractivity contribution in [3.05, 3.63) is 58.6 Å². The van der Waals surface area contributed by atoms with Crippen molar-refractivity contribution in [3.63, 3.8) is 0 Å². The first kappa shape index (κ1) is 20.6. The van der Waals surface area contributed by atoms with E-state index in [9.17, 15) is 9.59 Å². The second-order valence-corrected chi connectivity index (χ2v) is 7.99. The number of nitrogens with zero attached hydrogens (tertiary/aromatic N) is 1. The maximum Gasteiger partial charge on any atom is 0.289 e. The lowest BCUT2D eigenvalue weighted by molar-refractivity contribution is -0.126. The van der Waals surface area contributed by atoms with Gasteiger partial charge in [0.2, 0.25) is 5.91 Å². The van der Waals surface area contributed by atoms with Crippen molar-refractivity contribution in [2.75, 3.05) is 13.7 Å². The van der Waals surface area contributed by atoms with Gasteiger partial charge in [0.1, 0.15) is 6.61 Å². The second-order valence-electron chi connectivity index (χ2n) is 6.43. The van der Waals surface area contributed by atoms with Crippen LogP contribution in [0.1, 0.15) is 24.5 Å². The molecule has 7 heteroatoms. The summed E-state index contributed by atoms with van der Waals surface area (Å²) in [5, 5.41) is 0.0957. The summed E-state index contributed by atoms with van der Waals surface area (Å²) in [5.41, 5.74) is 1.80. The van der Waals surface area contributed by atoms with Crippen LogP contribution < -0.4 is 9.47 Å². The highest BCUT2D eigenvalue weighted by Crippen LogP contribution is 2.33. The Bertz CT molecular complexity index is 873. The van der Waals surface area contributed by atoms with Gasteiger partial charge < -0.3 is 9.47 Å². The number of rotatable bonds is 8. The molecule has 1 atom stereocenters. The van der Waals surface area contributed by atoms with Gasteiger partial charge in [0, 0.05) is 17.1 Å². The molecule has 5 nitrogen and oxygen atoms in total. The molecular weight excluding hydrogens is 398 g/mol. The highest BCUT2D eigenvalue weighted by atomic mass is 35.5. The summed E-state index contributed by atoms with van der Waals surface area (Å²) in [6, 6.07) is 13.1. The minimum absolute atomic E-state index is 0.116. The number of imide groups is 1. The maximum absolute atomic E-state index is 12.4. The molecule has 2 aromatic rings. The molecule has 2 aromatic carbocycles. The van der Waals surface area contributed by atoms with E-state index in [2.05, 4.69) is 0 Å². The Balaban J connectivity index is 1.69. The normalized spacial score (nSPS) is 16.5. The number of ether oxygens (including phenoxy) is 2. The Morgan fingerprint density at radius 2 is 1.93 bits per heavy atom. The zero-order chi connectivity index (χ0) is 20.1. The first-order valence-corrected chi connectivity index (χ1v) is 10.3. The molecule has 0 spiro atoms.